The SMILES string of the molecule is C1=NO[Te]C1. The van der Waals surface area contributed by atoms with Crippen molar-refractivity contribution in [1.29, 1.82) is 0 Å². The van der Waals surface area contributed by atoms with E-state index in [9.17, 15) is 0 Å². The molecule has 0 bridgehead atoms. The van der Waals surface area contributed by atoms with E-state index in [0.29, 0.717) is 0 Å². The Balaban J connectivity index is 2.32. The van der Waals surface area contributed by atoms with Crippen LogP contribution in [0.25, 0.3) is 0 Å². The zero-order valence-corrected chi connectivity index (χ0v) is 4.88. The van der Waals surface area contributed by atoms with Crippen molar-refractivity contribution in [1.82, 2.24) is 0 Å². The van der Waals surface area contributed by atoms with E-state index in [-0.39, 0.29) is 21.3 Å². The van der Waals surface area contributed by atoms with Crippen LogP contribution in [-0.4, -0.2) is 27.5 Å². The van der Waals surface area contributed by atoms with Crippen LogP contribution >= 0.6 is 0 Å². The zero-order valence-electron chi connectivity index (χ0n) is 2.55. The minimum absolute atomic E-state index is 0.118. The molecule has 1 aliphatic rings. The fraction of sp³-hybridized carbons (Fsp3) is 0.500. The molecule has 0 N–H and O–H groups in total. The molecule has 1 rings (SSSR count). The molecule has 0 radical (unpaired) electrons. The second kappa shape index (κ2) is 1.64. The maximum atomic E-state index is 4.64. The monoisotopic (exact) mass is 187 g/mol. The van der Waals surface area contributed by atoms with Gasteiger partial charge in [0.2, 0.25) is 0 Å². The van der Waals surface area contributed by atoms with E-state index in [2.05, 4.69) is 8.36 Å². The van der Waals surface area contributed by atoms with E-state index < -0.39 is 0 Å². The van der Waals surface area contributed by atoms with Crippen molar-refractivity contribution < 1.29 is 3.20 Å². The van der Waals surface area contributed by atoms with Crippen molar-refractivity contribution in [3.63, 3.8) is 0 Å². The van der Waals surface area contributed by atoms with E-state index in [1.807, 2.05) is 6.21 Å². The molecule has 0 fully saturated rings. The Morgan fingerprint density at radius 1 is 2.00 bits per heavy atom. The van der Waals surface area contributed by atoms with Crippen molar-refractivity contribution in [3.05, 3.63) is 0 Å². The van der Waals surface area contributed by atoms with Gasteiger partial charge in [-0.1, -0.05) is 0 Å². The van der Waals surface area contributed by atoms with Gasteiger partial charge in [-0.2, -0.15) is 0 Å². The van der Waals surface area contributed by atoms with Gasteiger partial charge in [-0.25, -0.2) is 0 Å². The summed E-state index contributed by atoms with van der Waals surface area (Å²) in [4.78, 5) is 0. The zero-order chi connectivity index (χ0) is 3.54. The average molecular weight is 185 g/mol. The molecule has 1 heterocycles. The van der Waals surface area contributed by atoms with Gasteiger partial charge in [-0.15, -0.1) is 0 Å². The van der Waals surface area contributed by atoms with Crippen molar-refractivity contribution >= 4 is 27.5 Å². The molecular weight excluding hydrogens is 182 g/mol. The number of hydrogen-bond donors (Lipinski definition) is 0. The quantitative estimate of drug-likeness (QED) is 0.488. The van der Waals surface area contributed by atoms with Crippen molar-refractivity contribution in [2.24, 2.45) is 5.16 Å². The normalized spacial score (nSPS) is 19.2. The second-order valence-corrected chi connectivity index (χ2v) is 2.70. The molecule has 0 atom stereocenters. The van der Waals surface area contributed by atoms with Gasteiger partial charge in [0.15, 0.2) is 0 Å². The summed E-state index contributed by atoms with van der Waals surface area (Å²) < 4.78 is 5.76. The molecule has 0 amide bonds. The third-order valence-electron chi connectivity index (χ3n) is 0.313. The molecule has 0 unspecified atom stereocenters. The summed E-state index contributed by atoms with van der Waals surface area (Å²) in [7, 11) is 0. The standard InChI is InChI=1S/C2H3NOTe/c1-2-5-4-3-1/h1H,2H2. The third-order valence-corrected chi connectivity index (χ3v) is 1.67. The fourth-order valence-corrected chi connectivity index (χ4v) is 1.02. The number of nitrogens with zero attached hydrogens (tertiary/aromatic N) is 1. The van der Waals surface area contributed by atoms with Crippen LogP contribution in [0.2, 0.25) is 4.47 Å². The van der Waals surface area contributed by atoms with Crippen molar-refractivity contribution in [2.75, 3.05) is 0 Å². The van der Waals surface area contributed by atoms with E-state index >= 15 is 0 Å². The van der Waals surface area contributed by atoms with Crippen LogP contribution in [0.5, 0.6) is 0 Å². The first-order chi connectivity index (χ1) is 2.50. The number of hydrogen-bond acceptors (Lipinski definition) is 2. The second-order valence-electron chi connectivity index (χ2n) is 0.647. The summed E-state index contributed by atoms with van der Waals surface area (Å²) >= 11 is -0.118. The van der Waals surface area contributed by atoms with Gasteiger partial charge in [-0.05, 0) is 0 Å². The van der Waals surface area contributed by atoms with E-state index in [0.717, 1.165) is 4.47 Å². The molecule has 0 aromatic carbocycles. The molecule has 0 saturated carbocycles. The van der Waals surface area contributed by atoms with Crippen molar-refractivity contribution in [2.45, 2.75) is 4.47 Å². The number of oxime groups is 1. The van der Waals surface area contributed by atoms with Gasteiger partial charge in [0.1, 0.15) is 0 Å². The molecule has 0 aromatic heterocycles. The first-order valence-corrected chi connectivity index (χ1v) is 3.90. The van der Waals surface area contributed by atoms with Crippen LogP contribution in [0.15, 0.2) is 5.16 Å². The maximum absolute atomic E-state index is 4.64. The first kappa shape index (κ1) is 3.45. The molecule has 2 nitrogen and oxygen atoms in total. The summed E-state index contributed by atoms with van der Waals surface area (Å²) in [6.45, 7) is 0. The summed E-state index contributed by atoms with van der Waals surface area (Å²) in [5, 5.41) is 3.52. The molecule has 0 spiro atoms. The molecule has 5 heavy (non-hydrogen) atoms. The van der Waals surface area contributed by atoms with Crippen LogP contribution in [0.4, 0.5) is 0 Å². The van der Waals surface area contributed by atoms with E-state index in [1.165, 1.54) is 0 Å². The molecule has 0 saturated heterocycles. The summed E-state index contributed by atoms with van der Waals surface area (Å²) in [5.74, 6) is 0. The van der Waals surface area contributed by atoms with Gasteiger partial charge in [-0.3, -0.25) is 0 Å². The topological polar surface area (TPSA) is 21.6 Å². The first-order valence-electron chi connectivity index (χ1n) is 1.30. The van der Waals surface area contributed by atoms with Gasteiger partial charge >= 0.3 is 40.4 Å². The van der Waals surface area contributed by atoms with Gasteiger partial charge in [0.05, 0.1) is 0 Å². The van der Waals surface area contributed by atoms with E-state index in [4.69, 9.17) is 0 Å². The molecule has 1 aliphatic heterocycles. The Hall–Kier alpha value is 0.260. The molecule has 28 valence electrons. The average Bonchev–Trinajstić information content (AvgIpc) is 1.76. The molecule has 0 aromatic rings. The van der Waals surface area contributed by atoms with Gasteiger partial charge < -0.3 is 0 Å². The third kappa shape index (κ3) is 0.786. The Morgan fingerprint density at radius 3 is 3.20 bits per heavy atom. The Kier molecular flexibility index (Phi) is 1.13. The Morgan fingerprint density at radius 2 is 3.00 bits per heavy atom. The number of rotatable bonds is 0. The summed E-state index contributed by atoms with van der Waals surface area (Å²) in [5.41, 5.74) is 0. The molecule has 3 heteroatoms. The van der Waals surface area contributed by atoms with Crippen LogP contribution in [0.3, 0.4) is 0 Å². The fourth-order valence-electron chi connectivity index (χ4n) is 0.152. The van der Waals surface area contributed by atoms with Crippen LogP contribution in [-0.2, 0) is 3.20 Å². The van der Waals surface area contributed by atoms with Crippen LogP contribution in [0.1, 0.15) is 0 Å². The van der Waals surface area contributed by atoms with Crippen LogP contribution in [0, 0.1) is 0 Å². The van der Waals surface area contributed by atoms with Gasteiger partial charge in [0, 0.05) is 0 Å². The summed E-state index contributed by atoms with van der Waals surface area (Å²) in [6.07, 6.45) is 1.82. The summed E-state index contributed by atoms with van der Waals surface area (Å²) in [6, 6.07) is 0. The predicted octanol–water partition coefficient (Wildman–Crippen LogP) is 0.0399. The Bertz CT molecular complexity index is 47.6. The predicted molar refractivity (Wildman–Crippen MR) is 20.1 cm³/mol. The molecule has 0 aliphatic carbocycles. The van der Waals surface area contributed by atoms with E-state index in [1.54, 1.807) is 0 Å². The Labute approximate surface area is 40.8 Å². The van der Waals surface area contributed by atoms with Crippen LogP contribution < -0.4 is 0 Å². The van der Waals surface area contributed by atoms with Gasteiger partial charge in [0.25, 0.3) is 0 Å². The molecular formula is C2H3NOTe. The van der Waals surface area contributed by atoms with Crippen molar-refractivity contribution in [3.8, 4) is 0 Å². The minimum atomic E-state index is -0.118.